The molecule has 0 saturated carbocycles. The van der Waals surface area contributed by atoms with Crippen LogP contribution >= 0.6 is 11.6 Å². The molecule has 1 N–H and O–H groups in total. The van der Waals surface area contributed by atoms with Crippen LogP contribution in [-0.4, -0.2) is 43.1 Å². The van der Waals surface area contributed by atoms with Gasteiger partial charge in [-0.25, -0.2) is 0 Å². The number of carbonyl (C=O) groups excluding carboxylic acids is 3. The fraction of sp³-hybridized carbons (Fsp3) is 0.438. The normalized spacial score (nSPS) is 17.2. The number of aryl methyl sites for hydroxylation is 2. The molecule has 0 radical (unpaired) electrons. The zero-order valence-corrected chi connectivity index (χ0v) is 14.5. The van der Waals surface area contributed by atoms with Gasteiger partial charge in [0.2, 0.25) is 5.91 Å². The Morgan fingerprint density at radius 1 is 1.33 bits per heavy atom. The number of hydrogen-bond donors (Lipinski definition) is 1. The number of amides is 2. The van der Waals surface area contributed by atoms with E-state index in [2.05, 4.69) is 10.2 Å². The maximum Gasteiger partial charge on any atom is 0.311 e. The van der Waals surface area contributed by atoms with Crippen LogP contribution < -0.4 is 10.2 Å². The van der Waals surface area contributed by atoms with Gasteiger partial charge in [0.05, 0.1) is 19.6 Å². The molecule has 1 unspecified atom stereocenters. The lowest BCUT2D eigenvalue weighted by Gasteiger charge is -2.31. The fourth-order valence-electron chi connectivity index (χ4n) is 2.45. The second-order valence-corrected chi connectivity index (χ2v) is 6.00. The number of carbonyl (C=O) groups is 3. The number of ether oxygens (including phenoxy) is 2. The van der Waals surface area contributed by atoms with Crippen molar-refractivity contribution >= 4 is 29.4 Å². The van der Waals surface area contributed by atoms with Crippen LogP contribution in [-0.2, 0) is 19.1 Å². The molecule has 0 spiro atoms. The number of rotatable bonds is 4. The molecule has 0 aromatic heterocycles. The summed E-state index contributed by atoms with van der Waals surface area (Å²) in [5, 5.41) is 1.74. The van der Waals surface area contributed by atoms with Gasteiger partial charge < -0.3 is 9.47 Å². The van der Waals surface area contributed by atoms with Gasteiger partial charge in [-0.3, -0.25) is 24.8 Å². The summed E-state index contributed by atoms with van der Waals surface area (Å²) in [5.74, 6) is -1.55. The van der Waals surface area contributed by atoms with Gasteiger partial charge in [0, 0.05) is 11.4 Å². The summed E-state index contributed by atoms with van der Waals surface area (Å²) >= 11 is 6.09. The molecule has 2 amide bonds. The van der Waals surface area contributed by atoms with Gasteiger partial charge in [0.15, 0.2) is 6.61 Å². The van der Waals surface area contributed by atoms with Crippen LogP contribution in [0.3, 0.4) is 0 Å². The minimum atomic E-state index is -0.673. The summed E-state index contributed by atoms with van der Waals surface area (Å²) < 4.78 is 10.1. The molecule has 0 aliphatic carbocycles. The molecule has 0 bridgehead atoms. The summed E-state index contributed by atoms with van der Waals surface area (Å²) in [6.45, 7) is 3.47. The van der Waals surface area contributed by atoms with E-state index in [1.165, 1.54) is 7.11 Å². The van der Waals surface area contributed by atoms with Crippen molar-refractivity contribution in [2.75, 3.05) is 20.3 Å². The van der Waals surface area contributed by atoms with E-state index in [0.29, 0.717) is 10.8 Å². The van der Waals surface area contributed by atoms with Crippen molar-refractivity contribution in [1.29, 1.82) is 0 Å². The smallest absolute Gasteiger partial charge is 0.311 e. The Balaban J connectivity index is 1.99. The van der Waals surface area contributed by atoms with E-state index in [1.54, 1.807) is 12.1 Å². The Morgan fingerprint density at radius 2 is 1.96 bits per heavy atom. The van der Waals surface area contributed by atoms with Gasteiger partial charge in [-0.2, -0.15) is 0 Å². The average molecular weight is 355 g/mol. The summed E-state index contributed by atoms with van der Waals surface area (Å²) in [5.41, 5.74) is 4.12. The Hall–Kier alpha value is -2.28. The monoisotopic (exact) mass is 354 g/mol. The number of nitrogens with one attached hydrogen (secondary N) is 1. The largest absolute Gasteiger partial charge is 0.484 e. The first kappa shape index (κ1) is 18.1. The van der Waals surface area contributed by atoms with Crippen molar-refractivity contribution in [2.45, 2.75) is 20.3 Å². The fourth-order valence-corrected chi connectivity index (χ4v) is 2.56. The quantitative estimate of drug-likeness (QED) is 0.826. The Labute approximate surface area is 144 Å². The first-order chi connectivity index (χ1) is 11.3. The maximum absolute atomic E-state index is 12.2. The molecule has 1 atom stereocenters. The zero-order valence-electron chi connectivity index (χ0n) is 13.7. The molecule has 1 aliphatic rings. The summed E-state index contributed by atoms with van der Waals surface area (Å²) in [6, 6.07) is 3.46. The second-order valence-electron chi connectivity index (χ2n) is 5.62. The Morgan fingerprint density at radius 3 is 2.54 bits per heavy atom. The molecule has 1 aliphatic heterocycles. The van der Waals surface area contributed by atoms with Crippen LogP contribution in [0.5, 0.6) is 5.75 Å². The third-order valence-corrected chi connectivity index (χ3v) is 4.30. The van der Waals surface area contributed by atoms with E-state index in [1.807, 2.05) is 13.8 Å². The van der Waals surface area contributed by atoms with Gasteiger partial charge in [-0.1, -0.05) is 11.6 Å². The maximum atomic E-state index is 12.2. The first-order valence-electron chi connectivity index (χ1n) is 7.39. The number of benzene rings is 1. The van der Waals surface area contributed by atoms with Crippen LogP contribution in [0.2, 0.25) is 5.02 Å². The number of hydrogen-bond acceptors (Lipinski definition) is 5. The van der Waals surface area contributed by atoms with Crippen LogP contribution in [0.15, 0.2) is 12.1 Å². The third-order valence-electron chi connectivity index (χ3n) is 3.70. The van der Waals surface area contributed by atoms with Crippen molar-refractivity contribution < 1.29 is 23.9 Å². The molecular formula is C16H19ClN2O5. The van der Waals surface area contributed by atoms with E-state index in [-0.39, 0.29) is 19.6 Å². The van der Waals surface area contributed by atoms with E-state index in [4.69, 9.17) is 16.3 Å². The van der Waals surface area contributed by atoms with E-state index in [9.17, 15) is 14.4 Å². The van der Waals surface area contributed by atoms with E-state index < -0.39 is 23.7 Å². The average Bonchev–Trinajstić information content (AvgIpc) is 2.55. The summed E-state index contributed by atoms with van der Waals surface area (Å²) in [6.07, 6.45) is -0.00706. The predicted octanol–water partition coefficient (Wildman–Crippen LogP) is 1.39. The number of halogens is 1. The van der Waals surface area contributed by atoms with Crippen molar-refractivity contribution in [1.82, 2.24) is 10.4 Å². The van der Waals surface area contributed by atoms with Crippen molar-refractivity contribution in [3.63, 3.8) is 0 Å². The standard InChI is InChI=1S/C16H19ClN2O5/c1-9-4-12(5-10(2)15(9)17)24-8-14(21)19-7-11(16(22)23-3)6-13(20)18-19/h4-5,11H,6-8H2,1-3H3,(H,18,20). The highest BCUT2D eigenvalue weighted by Gasteiger charge is 2.33. The van der Waals surface area contributed by atoms with Crippen molar-refractivity contribution in [3.8, 4) is 5.75 Å². The van der Waals surface area contributed by atoms with E-state index >= 15 is 0 Å². The highest BCUT2D eigenvalue weighted by atomic mass is 35.5. The molecule has 2 rings (SSSR count). The van der Waals surface area contributed by atoms with Crippen molar-refractivity contribution in [3.05, 3.63) is 28.3 Å². The predicted molar refractivity (Wildman–Crippen MR) is 86.4 cm³/mol. The second kappa shape index (κ2) is 7.53. The molecule has 8 heteroatoms. The van der Waals surface area contributed by atoms with Crippen LogP contribution in [0.4, 0.5) is 0 Å². The lowest BCUT2D eigenvalue weighted by Crippen LogP contribution is -2.55. The number of nitrogens with zero attached hydrogens (tertiary/aromatic N) is 1. The zero-order chi connectivity index (χ0) is 17.9. The van der Waals surface area contributed by atoms with Gasteiger partial charge in [-0.05, 0) is 37.1 Å². The third kappa shape index (κ3) is 4.17. The molecule has 24 heavy (non-hydrogen) atoms. The van der Waals surface area contributed by atoms with Gasteiger partial charge in [0.1, 0.15) is 5.75 Å². The first-order valence-corrected chi connectivity index (χ1v) is 7.76. The molecule has 130 valence electrons. The SMILES string of the molecule is COC(=O)C1CC(=O)NN(C(=O)COc2cc(C)c(Cl)c(C)c2)C1. The Bertz CT molecular complexity index is 653. The van der Waals surface area contributed by atoms with Crippen LogP contribution in [0.1, 0.15) is 17.5 Å². The van der Waals surface area contributed by atoms with E-state index in [0.717, 1.165) is 16.1 Å². The highest BCUT2D eigenvalue weighted by molar-refractivity contribution is 6.32. The summed E-state index contributed by atoms with van der Waals surface area (Å²) in [7, 11) is 1.25. The molecule has 1 aromatic carbocycles. The van der Waals surface area contributed by atoms with Crippen LogP contribution in [0, 0.1) is 19.8 Å². The molecule has 1 saturated heterocycles. The van der Waals surface area contributed by atoms with Crippen molar-refractivity contribution in [2.24, 2.45) is 5.92 Å². The number of esters is 1. The number of hydrazine groups is 1. The number of methoxy groups -OCH3 is 1. The van der Waals surface area contributed by atoms with Crippen LogP contribution in [0.25, 0.3) is 0 Å². The van der Waals surface area contributed by atoms with Gasteiger partial charge in [0.25, 0.3) is 5.91 Å². The minimum Gasteiger partial charge on any atom is -0.484 e. The molecule has 1 heterocycles. The lowest BCUT2D eigenvalue weighted by molar-refractivity contribution is -0.157. The van der Waals surface area contributed by atoms with Gasteiger partial charge >= 0.3 is 5.97 Å². The lowest BCUT2D eigenvalue weighted by atomic mass is 10.0. The molecule has 1 fully saturated rings. The minimum absolute atomic E-state index is 0.00706. The summed E-state index contributed by atoms with van der Waals surface area (Å²) in [4.78, 5) is 35.4. The molecule has 1 aromatic rings. The molecular weight excluding hydrogens is 336 g/mol. The van der Waals surface area contributed by atoms with Gasteiger partial charge in [-0.15, -0.1) is 0 Å². The molecule has 7 nitrogen and oxygen atoms in total. The highest BCUT2D eigenvalue weighted by Crippen LogP contribution is 2.25. The topological polar surface area (TPSA) is 84.9 Å². The Kier molecular flexibility index (Phi) is 5.66.